The lowest BCUT2D eigenvalue weighted by atomic mass is 10.1. The topological polar surface area (TPSA) is 102 Å². The average molecular weight is 368 g/mol. The SMILES string of the molecule is COc1ccc2oc(C(C)NC(=O)c3ccc(C(=O)O)c(C)n3)c(C)c2c1. The van der Waals surface area contributed by atoms with Gasteiger partial charge in [-0.05, 0) is 51.1 Å². The number of nitrogens with zero attached hydrogens (tertiary/aromatic N) is 1. The first-order valence-corrected chi connectivity index (χ1v) is 8.40. The molecule has 7 nitrogen and oxygen atoms in total. The smallest absolute Gasteiger partial charge is 0.337 e. The molecule has 0 saturated heterocycles. The van der Waals surface area contributed by atoms with Crippen LogP contribution in [0.4, 0.5) is 0 Å². The van der Waals surface area contributed by atoms with Gasteiger partial charge in [0, 0.05) is 10.9 Å². The summed E-state index contributed by atoms with van der Waals surface area (Å²) in [5.41, 5.74) is 2.14. The van der Waals surface area contributed by atoms with E-state index in [1.54, 1.807) is 14.0 Å². The third kappa shape index (κ3) is 3.48. The van der Waals surface area contributed by atoms with Gasteiger partial charge >= 0.3 is 5.97 Å². The Bertz CT molecular complexity index is 1040. The normalized spacial score (nSPS) is 12.0. The Morgan fingerprint density at radius 2 is 1.96 bits per heavy atom. The van der Waals surface area contributed by atoms with Crippen LogP contribution in [0.2, 0.25) is 0 Å². The first-order valence-electron chi connectivity index (χ1n) is 8.40. The first-order chi connectivity index (χ1) is 12.8. The summed E-state index contributed by atoms with van der Waals surface area (Å²) in [5, 5.41) is 12.8. The molecule has 0 aliphatic carbocycles. The summed E-state index contributed by atoms with van der Waals surface area (Å²) in [6, 6.07) is 7.92. The highest BCUT2D eigenvalue weighted by atomic mass is 16.5. The Kier molecular flexibility index (Phi) is 4.85. The first kappa shape index (κ1) is 18.4. The number of hydrogen-bond donors (Lipinski definition) is 2. The van der Waals surface area contributed by atoms with Crippen molar-refractivity contribution in [2.75, 3.05) is 7.11 Å². The molecule has 0 aliphatic rings. The Balaban J connectivity index is 1.84. The van der Waals surface area contributed by atoms with E-state index in [0.29, 0.717) is 11.3 Å². The number of carbonyl (C=O) groups excluding carboxylic acids is 1. The molecule has 1 unspecified atom stereocenters. The van der Waals surface area contributed by atoms with E-state index in [9.17, 15) is 9.59 Å². The number of benzene rings is 1. The number of rotatable bonds is 5. The van der Waals surface area contributed by atoms with Crippen LogP contribution in [0.1, 0.15) is 50.8 Å². The standard InChI is InChI=1S/C20H20N2O5/c1-10-15-9-13(26-4)5-8-17(15)27-18(10)12(3)22-19(23)16-7-6-14(20(24)25)11(2)21-16/h5-9,12H,1-4H3,(H,22,23)(H,24,25). The van der Waals surface area contributed by atoms with Crippen LogP contribution >= 0.6 is 0 Å². The number of methoxy groups -OCH3 is 1. The molecule has 0 saturated carbocycles. The maximum absolute atomic E-state index is 12.5. The molecule has 7 heteroatoms. The zero-order valence-corrected chi connectivity index (χ0v) is 15.5. The molecular weight excluding hydrogens is 348 g/mol. The van der Waals surface area contributed by atoms with E-state index in [1.807, 2.05) is 32.0 Å². The van der Waals surface area contributed by atoms with Crippen molar-refractivity contribution in [3.8, 4) is 5.75 Å². The van der Waals surface area contributed by atoms with Crippen LogP contribution in [-0.2, 0) is 0 Å². The van der Waals surface area contributed by atoms with E-state index < -0.39 is 17.9 Å². The summed E-state index contributed by atoms with van der Waals surface area (Å²) in [5.74, 6) is -0.105. The second kappa shape index (κ2) is 7.11. The molecule has 0 bridgehead atoms. The number of nitrogens with one attached hydrogen (secondary N) is 1. The Labute approximate surface area is 156 Å². The predicted molar refractivity (Wildman–Crippen MR) is 99.3 cm³/mol. The van der Waals surface area contributed by atoms with Crippen LogP contribution < -0.4 is 10.1 Å². The number of ether oxygens (including phenoxy) is 1. The number of carbonyl (C=O) groups is 2. The largest absolute Gasteiger partial charge is 0.497 e. The van der Waals surface area contributed by atoms with Crippen molar-refractivity contribution in [1.29, 1.82) is 0 Å². The van der Waals surface area contributed by atoms with Gasteiger partial charge in [0.2, 0.25) is 0 Å². The fourth-order valence-corrected chi connectivity index (χ4v) is 3.01. The number of aromatic carboxylic acids is 1. The lowest BCUT2D eigenvalue weighted by Crippen LogP contribution is -2.28. The molecule has 2 aromatic heterocycles. The molecule has 3 aromatic rings. The predicted octanol–water partition coefficient (Wildman–Crippen LogP) is 3.64. The fourth-order valence-electron chi connectivity index (χ4n) is 3.01. The lowest BCUT2D eigenvalue weighted by Gasteiger charge is -2.13. The van der Waals surface area contributed by atoms with Gasteiger partial charge in [0.15, 0.2) is 0 Å². The molecular formula is C20H20N2O5. The summed E-state index contributed by atoms with van der Waals surface area (Å²) < 4.78 is 11.1. The molecule has 0 spiro atoms. The van der Waals surface area contributed by atoms with Crippen molar-refractivity contribution in [3.05, 3.63) is 58.6 Å². The molecule has 27 heavy (non-hydrogen) atoms. The summed E-state index contributed by atoms with van der Waals surface area (Å²) in [6.07, 6.45) is 0. The van der Waals surface area contributed by atoms with Crippen LogP contribution in [0, 0.1) is 13.8 Å². The van der Waals surface area contributed by atoms with Gasteiger partial charge in [-0.15, -0.1) is 0 Å². The van der Waals surface area contributed by atoms with E-state index in [0.717, 1.165) is 16.7 Å². The van der Waals surface area contributed by atoms with Gasteiger partial charge in [-0.1, -0.05) is 0 Å². The molecule has 140 valence electrons. The maximum atomic E-state index is 12.5. The minimum Gasteiger partial charge on any atom is -0.497 e. The third-order valence-corrected chi connectivity index (χ3v) is 4.47. The molecule has 0 fully saturated rings. The number of pyridine rings is 1. The van der Waals surface area contributed by atoms with Crippen molar-refractivity contribution in [3.63, 3.8) is 0 Å². The highest BCUT2D eigenvalue weighted by molar-refractivity contribution is 5.94. The summed E-state index contributed by atoms with van der Waals surface area (Å²) in [7, 11) is 1.60. The van der Waals surface area contributed by atoms with Crippen molar-refractivity contribution >= 4 is 22.8 Å². The van der Waals surface area contributed by atoms with Gasteiger partial charge in [-0.25, -0.2) is 9.78 Å². The number of amides is 1. The molecule has 3 rings (SSSR count). The zero-order valence-electron chi connectivity index (χ0n) is 15.5. The van der Waals surface area contributed by atoms with Crippen molar-refractivity contribution in [2.24, 2.45) is 0 Å². The Hall–Kier alpha value is -3.35. The van der Waals surface area contributed by atoms with E-state index in [2.05, 4.69) is 10.3 Å². The molecule has 2 N–H and O–H groups in total. The minimum absolute atomic E-state index is 0.0710. The third-order valence-electron chi connectivity index (χ3n) is 4.47. The van der Waals surface area contributed by atoms with Crippen molar-refractivity contribution in [1.82, 2.24) is 10.3 Å². The second-order valence-corrected chi connectivity index (χ2v) is 6.28. The van der Waals surface area contributed by atoms with Gasteiger partial charge in [0.05, 0.1) is 24.4 Å². The van der Waals surface area contributed by atoms with Crippen molar-refractivity contribution in [2.45, 2.75) is 26.8 Å². The number of carboxylic acid groups (broad SMARTS) is 1. The summed E-state index contributed by atoms with van der Waals surface area (Å²) >= 11 is 0. The summed E-state index contributed by atoms with van der Waals surface area (Å²) in [6.45, 7) is 5.30. The zero-order chi connectivity index (χ0) is 19.7. The average Bonchev–Trinajstić information content (AvgIpc) is 2.97. The number of furan rings is 1. The van der Waals surface area contributed by atoms with E-state index in [-0.39, 0.29) is 17.0 Å². The molecule has 1 atom stereocenters. The number of aromatic nitrogens is 1. The molecule has 2 heterocycles. The minimum atomic E-state index is -1.08. The van der Waals surface area contributed by atoms with Crippen LogP contribution in [0.3, 0.4) is 0 Å². The fraction of sp³-hybridized carbons (Fsp3) is 0.250. The summed E-state index contributed by atoms with van der Waals surface area (Å²) in [4.78, 5) is 27.7. The van der Waals surface area contributed by atoms with Crippen molar-refractivity contribution < 1.29 is 23.8 Å². The quantitative estimate of drug-likeness (QED) is 0.713. The molecule has 0 aliphatic heterocycles. The Morgan fingerprint density at radius 1 is 1.22 bits per heavy atom. The maximum Gasteiger partial charge on any atom is 0.337 e. The van der Waals surface area contributed by atoms with Crippen LogP contribution in [0.25, 0.3) is 11.0 Å². The molecule has 1 amide bonds. The second-order valence-electron chi connectivity index (χ2n) is 6.28. The van der Waals surface area contributed by atoms with Crippen LogP contribution in [0.15, 0.2) is 34.7 Å². The number of hydrogen-bond acceptors (Lipinski definition) is 5. The molecule has 0 radical (unpaired) electrons. The number of aryl methyl sites for hydroxylation is 2. The van der Waals surface area contributed by atoms with Crippen LogP contribution in [-0.4, -0.2) is 29.1 Å². The lowest BCUT2D eigenvalue weighted by molar-refractivity contribution is 0.0694. The van der Waals surface area contributed by atoms with Gasteiger partial charge in [-0.3, -0.25) is 4.79 Å². The van der Waals surface area contributed by atoms with Gasteiger partial charge < -0.3 is 19.6 Å². The number of fused-ring (bicyclic) bond motifs is 1. The highest BCUT2D eigenvalue weighted by Crippen LogP contribution is 2.32. The monoisotopic (exact) mass is 368 g/mol. The van der Waals surface area contributed by atoms with Crippen LogP contribution in [0.5, 0.6) is 5.75 Å². The number of carboxylic acids is 1. The highest BCUT2D eigenvalue weighted by Gasteiger charge is 2.21. The van der Waals surface area contributed by atoms with E-state index in [4.69, 9.17) is 14.3 Å². The van der Waals surface area contributed by atoms with Gasteiger partial charge in [0.25, 0.3) is 5.91 Å². The Morgan fingerprint density at radius 3 is 2.59 bits per heavy atom. The van der Waals surface area contributed by atoms with E-state index >= 15 is 0 Å². The van der Waals surface area contributed by atoms with Gasteiger partial charge in [-0.2, -0.15) is 0 Å². The van der Waals surface area contributed by atoms with Gasteiger partial charge in [0.1, 0.15) is 22.8 Å². The van der Waals surface area contributed by atoms with E-state index in [1.165, 1.54) is 12.1 Å². The molecule has 1 aromatic carbocycles.